The highest BCUT2D eigenvalue weighted by Gasteiger charge is 2.30. The fourth-order valence-corrected chi connectivity index (χ4v) is 5.21. The highest BCUT2D eigenvalue weighted by atomic mass is 32.2. The molecule has 4 rings (SSSR count). The van der Waals surface area contributed by atoms with E-state index < -0.39 is 10.2 Å². The van der Waals surface area contributed by atoms with Crippen LogP contribution in [0.25, 0.3) is 5.65 Å². The minimum atomic E-state index is -3.38. The van der Waals surface area contributed by atoms with Crippen LogP contribution in [-0.4, -0.2) is 85.1 Å². The van der Waals surface area contributed by atoms with Gasteiger partial charge in [-0.3, -0.25) is 0 Å². The summed E-state index contributed by atoms with van der Waals surface area (Å²) in [7, 11) is -0.238. The van der Waals surface area contributed by atoms with Crippen molar-refractivity contribution in [3.63, 3.8) is 0 Å². The van der Waals surface area contributed by atoms with Crippen LogP contribution in [0.2, 0.25) is 0 Å². The second-order valence-electron chi connectivity index (χ2n) is 8.05. The Morgan fingerprint density at radius 3 is 2.38 bits per heavy atom. The molecule has 160 valence electrons. The predicted octanol–water partition coefficient (Wildman–Crippen LogP) is 1.17. The van der Waals surface area contributed by atoms with Crippen LogP contribution in [0.1, 0.15) is 35.7 Å². The van der Waals surface area contributed by atoms with Crippen molar-refractivity contribution in [2.45, 2.75) is 32.6 Å². The number of hydrogen-bond acceptors (Lipinski definition) is 6. The van der Waals surface area contributed by atoms with Gasteiger partial charge in [0, 0.05) is 76.7 Å². The molecule has 0 N–H and O–H groups in total. The smallest absolute Gasteiger partial charge is 0.281 e. The van der Waals surface area contributed by atoms with Gasteiger partial charge in [-0.1, -0.05) is 0 Å². The van der Waals surface area contributed by atoms with Crippen molar-refractivity contribution >= 4 is 21.7 Å². The van der Waals surface area contributed by atoms with Crippen LogP contribution in [0, 0.1) is 13.8 Å². The SMILES string of the molecule is Cc1nc2cc(C3CCOCC3)nn2c(N2CCN(S(=O)(=O)N(C)C)CC2)c1C. The van der Waals surface area contributed by atoms with Crippen molar-refractivity contribution in [1.29, 1.82) is 0 Å². The molecule has 4 heterocycles. The van der Waals surface area contributed by atoms with Gasteiger partial charge in [-0.2, -0.15) is 26.6 Å². The number of aromatic nitrogens is 3. The molecule has 0 saturated carbocycles. The van der Waals surface area contributed by atoms with Crippen LogP contribution < -0.4 is 4.90 Å². The number of aryl methyl sites for hydroxylation is 1. The summed E-state index contributed by atoms with van der Waals surface area (Å²) in [6.45, 7) is 7.80. The standard InChI is InChI=1S/C19H30N6O3S/c1-14-15(2)20-18-13-17(16-5-11-28-12-6-16)21-25(18)19(14)23-7-9-24(10-8-23)29(26,27)22(3)4/h13,16H,5-12H2,1-4H3. The third-order valence-electron chi connectivity index (χ3n) is 6.04. The quantitative estimate of drug-likeness (QED) is 0.736. The van der Waals surface area contributed by atoms with Gasteiger partial charge < -0.3 is 9.64 Å². The zero-order valence-electron chi connectivity index (χ0n) is 17.6. The van der Waals surface area contributed by atoms with E-state index in [9.17, 15) is 8.42 Å². The van der Waals surface area contributed by atoms with Gasteiger partial charge in [0.05, 0.1) is 5.69 Å². The van der Waals surface area contributed by atoms with Crippen LogP contribution in [0.15, 0.2) is 6.07 Å². The Bertz CT molecular complexity index is 989. The highest BCUT2D eigenvalue weighted by molar-refractivity contribution is 7.86. The molecule has 2 fully saturated rings. The number of fused-ring (bicyclic) bond motifs is 1. The molecule has 29 heavy (non-hydrogen) atoms. The van der Waals surface area contributed by atoms with Crippen LogP contribution >= 0.6 is 0 Å². The van der Waals surface area contributed by atoms with Gasteiger partial charge in [0.2, 0.25) is 0 Å². The largest absolute Gasteiger partial charge is 0.381 e. The maximum absolute atomic E-state index is 12.4. The van der Waals surface area contributed by atoms with E-state index in [0.29, 0.717) is 32.1 Å². The molecule has 0 unspecified atom stereocenters. The Morgan fingerprint density at radius 2 is 1.76 bits per heavy atom. The summed E-state index contributed by atoms with van der Waals surface area (Å²) in [5.74, 6) is 1.42. The second-order valence-corrected chi connectivity index (χ2v) is 10.2. The highest BCUT2D eigenvalue weighted by Crippen LogP contribution is 2.30. The molecule has 2 aliphatic rings. The zero-order chi connectivity index (χ0) is 20.8. The lowest BCUT2D eigenvalue weighted by Gasteiger charge is -2.37. The molecule has 0 radical (unpaired) electrons. The van der Waals surface area contributed by atoms with E-state index in [1.165, 1.54) is 4.31 Å². The number of ether oxygens (including phenoxy) is 1. The Kier molecular flexibility index (Phi) is 5.54. The van der Waals surface area contributed by atoms with Gasteiger partial charge in [-0.05, 0) is 26.7 Å². The first-order valence-electron chi connectivity index (χ1n) is 10.2. The molecule has 0 spiro atoms. The molecular weight excluding hydrogens is 392 g/mol. The van der Waals surface area contributed by atoms with Crippen molar-refractivity contribution in [3.8, 4) is 0 Å². The molecule has 2 saturated heterocycles. The maximum Gasteiger partial charge on any atom is 0.281 e. The number of piperazine rings is 1. The van der Waals surface area contributed by atoms with E-state index in [4.69, 9.17) is 14.8 Å². The monoisotopic (exact) mass is 422 g/mol. The van der Waals surface area contributed by atoms with Crippen molar-refractivity contribution in [2.75, 3.05) is 58.4 Å². The van der Waals surface area contributed by atoms with E-state index in [1.807, 2.05) is 11.4 Å². The van der Waals surface area contributed by atoms with E-state index in [1.54, 1.807) is 18.4 Å². The zero-order valence-corrected chi connectivity index (χ0v) is 18.4. The van der Waals surface area contributed by atoms with Gasteiger partial charge in [-0.25, -0.2) is 4.98 Å². The lowest BCUT2D eigenvalue weighted by molar-refractivity contribution is 0.0844. The Hall–Kier alpha value is -1.75. The van der Waals surface area contributed by atoms with Gasteiger partial charge in [0.25, 0.3) is 10.2 Å². The topological polar surface area (TPSA) is 83.3 Å². The van der Waals surface area contributed by atoms with Crippen LogP contribution in [-0.2, 0) is 14.9 Å². The molecule has 10 heteroatoms. The van der Waals surface area contributed by atoms with Gasteiger partial charge >= 0.3 is 0 Å². The molecule has 0 bridgehead atoms. The third kappa shape index (κ3) is 3.74. The lowest BCUT2D eigenvalue weighted by Crippen LogP contribution is -2.52. The molecule has 0 aliphatic carbocycles. The lowest BCUT2D eigenvalue weighted by atomic mass is 9.97. The van der Waals surface area contributed by atoms with Gasteiger partial charge in [0.1, 0.15) is 5.82 Å². The average Bonchev–Trinajstić information content (AvgIpc) is 3.13. The second kappa shape index (κ2) is 7.82. The van der Waals surface area contributed by atoms with Gasteiger partial charge in [-0.15, -0.1) is 0 Å². The Morgan fingerprint density at radius 1 is 1.10 bits per heavy atom. The maximum atomic E-state index is 12.4. The summed E-state index contributed by atoms with van der Waals surface area (Å²) in [4.78, 5) is 6.99. The molecular formula is C19H30N6O3S. The van der Waals surface area contributed by atoms with E-state index >= 15 is 0 Å². The molecule has 9 nitrogen and oxygen atoms in total. The first-order chi connectivity index (χ1) is 13.8. The fourth-order valence-electron chi connectivity index (χ4n) is 4.13. The third-order valence-corrected chi connectivity index (χ3v) is 7.98. The predicted molar refractivity (Wildman–Crippen MR) is 112 cm³/mol. The number of anilines is 1. The van der Waals surface area contributed by atoms with Crippen LogP contribution in [0.4, 0.5) is 5.82 Å². The summed E-state index contributed by atoms with van der Waals surface area (Å²) in [5.41, 5.74) is 3.99. The number of rotatable bonds is 4. The molecule has 2 aliphatic heterocycles. The molecule has 2 aromatic heterocycles. The van der Waals surface area contributed by atoms with Crippen molar-refractivity contribution in [3.05, 3.63) is 23.0 Å². The first kappa shape index (κ1) is 20.5. The molecule has 2 aromatic rings. The summed E-state index contributed by atoms with van der Waals surface area (Å²) in [5, 5.41) is 4.93. The number of nitrogens with zero attached hydrogens (tertiary/aromatic N) is 6. The van der Waals surface area contributed by atoms with Crippen LogP contribution in [0.3, 0.4) is 0 Å². The van der Waals surface area contributed by atoms with E-state index in [0.717, 1.165) is 54.5 Å². The minimum Gasteiger partial charge on any atom is -0.381 e. The Labute approximate surface area is 172 Å². The van der Waals surface area contributed by atoms with E-state index in [-0.39, 0.29) is 0 Å². The van der Waals surface area contributed by atoms with Gasteiger partial charge in [0.15, 0.2) is 5.65 Å². The van der Waals surface area contributed by atoms with Crippen molar-refractivity contribution < 1.29 is 13.2 Å². The summed E-state index contributed by atoms with van der Waals surface area (Å²) >= 11 is 0. The number of hydrogen-bond donors (Lipinski definition) is 0. The Balaban J connectivity index is 1.65. The first-order valence-corrected chi connectivity index (χ1v) is 11.6. The van der Waals surface area contributed by atoms with E-state index in [2.05, 4.69) is 17.9 Å². The molecule has 0 aromatic carbocycles. The normalized spacial score (nSPS) is 20.1. The summed E-state index contributed by atoms with van der Waals surface area (Å²) in [6, 6.07) is 2.10. The van der Waals surface area contributed by atoms with Crippen molar-refractivity contribution in [2.24, 2.45) is 0 Å². The average molecular weight is 423 g/mol. The van der Waals surface area contributed by atoms with Crippen LogP contribution in [0.5, 0.6) is 0 Å². The fraction of sp³-hybridized carbons (Fsp3) is 0.684. The molecule has 0 atom stereocenters. The minimum absolute atomic E-state index is 0.404. The summed E-state index contributed by atoms with van der Waals surface area (Å²) in [6.07, 6.45) is 1.97. The van der Waals surface area contributed by atoms with Crippen molar-refractivity contribution in [1.82, 2.24) is 23.2 Å². The molecule has 0 amide bonds. The summed E-state index contributed by atoms with van der Waals surface area (Å²) < 4.78 is 35.1.